The first-order valence-corrected chi connectivity index (χ1v) is 10.3. The molecule has 0 bridgehead atoms. The number of aromatic hydroxyl groups is 1. The van der Waals surface area contributed by atoms with Gasteiger partial charge in [0.15, 0.2) is 0 Å². The Hall–Kier alpha value is -2.99. The number of aromatic nitrogens is 4. The van der Waals surface area contributed by atoms with Crippen LogP contribution in [0.3, 0.4) is 0 Å². The SMILES string of the molecule is C=C(c1cnc(-c2ccc(-n3ccnc3)cc2O)cn1)C1CC(C)(C)NC(C)(C)C1. The van der Waals surface area contributed by atoms with Crippen LogP contribution in [0.15, 0.2) is 55.9 Å². The van der Waals surface area contributed by atoms with Crippen LogP contribution in [0.5, 0.6) is 5.75 Å². The van der Waals surface area contributed by atoms with E-state index < -0.39 is 0 Å². The zero-order valence-electron chi connectivity index (χ0n) is 18.1. The Morgan fingerprint density at radius 3 is 2.43 bits per heavy atom. The van der Waals surface area contributed by atoms with E-state index in [9.17, 15) is 5.11 Å². The Kier molecular flexibility index (Phi) is 4.98. The first-order chi connectivity index (χ1) is 14.1. The van der Waals surface area contributed by atoms with Crippen LogP contribution in [0.25, 0.3) is 22.5 Å². The minimum absolute atomic E-state index is 0.0471. The predicted octanol–water partition coefficient (Wildman–Crippen LogP) is 4.60. The molecule has 1 aromatic carbocycles. The summed E-state index contributed by atoms with van der Waals surface area (Å²) in [7, 11) is 0. The number of hydrogen-bond acceptors (Lipinski definition) is 5. The lowest BCUT2D eigenvalue weighted by Crippen LogP contribution is -2.57. The summed E-state index contributed by atoms with van der Waals surface area (Å²) in [6, 6.07) is 5.47. The Morgan fingerprint density at radius 2 is 1.87 bits per heavy atom. The van der Waals surface area contributed by atoms with E-state index in [1.54, 1.807) is 31.0 Å². The predicted molar refractivity (Wildman–Crippen MR) is 119 cm³/mol. The zero-order chi connectivity index (χ0) is 21.5. The molecule has 2 N–H and O–H groups in total. The van der Waals surface area contributed by atoms with Crippen molar-refractivity contribution in [2.45, 2.75) is 51.6 Å². The summed E-state index contributed by atoms with van der Waals surface area (Å²) in [5, 5.41) is 14.2. The van der Waals surface area contributed by atoms with Crippen LogP contribution >= 0.6 is 0 Å². The quantitative estimate of drug-likeness (QED) is 0.666. The molecule has 0 aliphatic carbocycles. The number of phenolic OH excluding ortho intramolecular Hbond substituents is 1. The lowest BCUT2D eigenvalue weighted by Gasteiger charge is -2.47. The van der Waals surface area contributed by atoms with Crippen LogP contribution in [-0.4, -0.2) is 35.7 Å². The van der Waals surface area contributed by atoms with Gasteiger partial charge < -0.3 is 15.0 Å². The molecule has 1 aliphatic heterocycles. The van der Waals surface area contributed by atoms with E-state index in [1.165, 1.54) is 0 Å². The Balaban J connectivity index is 1.55. The molecular formula is C24H29N5O. The van der Waals surface area contributed by atoms with Gasteiger partial charge in [0.1, 0.15) is 5.75 Å². The molecule has 2 aromatic heterocycles. The number of benzene rings is 1. The smallest absolute Gasteiger partial charge is 0.127 e. The highest BCUT2D eigenvalue weighted by atomic mass is 16.3. The number of phenols is 1. The molecule has 4 rings (SSSR count). The third kappa shape index (κ3) is 4.14. The number of piperidine rings is 1. The van der Waals surface area contributed by atoms with Gasteiger partial charge in [-0.05, 0) is 64.2 Å². The fourth-order valence-corrected chi connectivity index (χ4v) is 4.72. The highest BCUT2D eigenvalue weighted by Gasteiger charge is 2.38. The van der Waals surface area contributed by atoms with Crippen LogP contribution in [0.4, 0.5) is 0 Å². The van der Waals surface area contributed by atoms with E-state index in [0.717, 1.165) is 29.8 Å². The van der Waals surface area contributed by atoms with E-state index in [1.807, 2.05) is 22.9 Å². The average molecular weight is 404 g/mol. The lowest BCUT2D eigenvalue weighted by atomic mass is 9.73. The number of nitrogens with one attached hydrogen (secondary N) is 1. The molecule has 1 fully saturated rings. The lowest BCUT2D eigenvalue weighted by molar-refractivity contribution is 0.154. The van der Waals surface area contributed by atoms with E-state index in [2.05, 4.69) is 54.5 Å². The second-order valence-electron chi connectivity index (χ2n) is 9.48. The molecule has 3 heterocycles. The highest BCUT2D eigenvalue weighted by molar-refractivity contribution is 5.69. The maximum Gasteiger partial charge on any atom is 0.127 e. The van der Waals surface area contributed by atoms with E-state index in [4.69, 9.17) is 0 Å². The third-order valence-corrected chi connectivity index (χ3v) is 5.72. The van der Waals surface area contributed by atoms with Gasteiger partial charge in [-0.15, -0.1) is 0 Å². The van der Waals surface area contributed by atoms with Gasteiger partial charge >= 0.3 is 0 Å². The number of allylic oxidation sites excluding steroid dienone is 1. The average Bonchev–Trinajstić information content (AvgIpc) is 3.20. The first-order valence-electron chi connectivity index (χ1n) is 10.3. The molecule has 1 aliphatic rings. The molecule has 6 nitrogen and oxygen atoms in total. The highest BCUT2D eigenvalue weighted by Crippen LogP contribution is 2.39. The van der Waals surface area contributed by atoms with Crippen molar-refractivity contribution in [2.24, 2.45) is 5.92 Å². The van der Waals surface area contributed by atoms with Gasteiger partial charge in [0.2, 0.25) is 0 Å². The summed E-state index contributed by atoms with van der Waals surface area (Å²) in [6.45, 7) is 13.3. The van der Waals surface area contributed by atoms with Crippen molar-refractivity contribution in [3.05, 3.63) is 61.6 Å². The molecule has 0 radical (unpaired) electrons. The second-order valence-corrected chi connectivity index (χ2v) is 9.48. The normalized spacial score (nSPS) is 18.3. The van der Waals surface area contributed by atoms with Gasteiger partial charge in [-0.3, -0.25) is 9.97 Å². The van der Waals surface area contributed by atoms with Crippen LogP contribution in [-0.2, 0) is 0 Å². The maximum absolute atomic E-state index is 10.5. The Bertz CT molecular complexity index is 1040. The summed E-state index contributed by atoms with van der Waals surface area (Å²) in [5.41, 5.74) is 4.04. The standard InChI is InChI=1S/C24H29N5O/c1-16(17-11-23(2,3)28-24(4,5)12-17)20-13-27-21(14-26-20)19-7-6-18(10-22(19)30)29-9-8-25-15-29/h6-10,13-15,17,28,30H,1,11-12H2,2-5H3. The second kappa shape index (κ2) is 7.36. The summed E-state index contributed by atoms with van der Waals surface area (Å²) < 4.78 is 1.84. The Labute approximate surface area is 177 Å². The van der Waals surface area contributed by atoms with Crippen molar-refractivity contribution >= 4 is 5.57 Å². The van der Waals surface area contributed by atoms with Crippen LogP contribution in [0, 0.1) is 5.92 Å². The molecule has 30 heavy (non-hydrogen) atoms. The number of nitrogens with zero attached hydrogens (tertiary/aromatic N) is 4. The molecule has 0 unspecified atom stereocenters. The van der Waals surface area contributed by atoms with Gasteiger partial charge in [-0.1, -0.05) is 6.58 Å². The molecule has 3 aromatic rings. The fourth-order valence-electron chi connectivity index (χ4n) is 4.72. The van der Waals surface area contributed by atoms with Gasteiger partial charge in [0.05, 0.1) is 35.8 Å². The van der Waals surface area contributed by atoms with Gasteiger partial charge in [0.25, 0.3) is 0 Å². The number of imidazole rings is 1. The van der Waals surface area contributed by atoms with Crippen molar-refractivity contribution in [3.8, 4) is 22.7 Å². The Morgan fingerprint density at radius 1 is 1.13 bits per heavy atom. The molecule has 6 heteroatoms. The maximum atomic E-state index is 10.5. The summed E-state index contributed by atoms with van der Waals surface area (Å²) in [5.74, 6) is 0.503. The minimum atomic E-state index is 0.0471. The van der Waals surface area contributed by atoms with Crippen molar-refractivity contribution in [3.63, 3.8) is 0 Å². The molecule has 156 valence electrons. The molecule has 0 spiro atoms. The van der Waals surface area contributed by atoms with Crippen LogP contribution in [0.1, 0.15) is 46.2 Å². The topological polar surface area (TPSA) is 75.9 Å². The zero-order valence-corrected chi connectivity index (χ0v) is 18.1. The molecule has 1 saturated heterocycles. The van der Waals surface area contributed by atoms with E-state index >= 15 is 0 Å². The summed E-state index contributed by atoms with van der Waals surface area (Å²) >= 11 is 0. The fraction of sp³-hybridized carbons (Fsp3) is 0.375. The van der Waals surface area contributed by atoms with E-state index in [0.29, 0.717) is 17.2 Å². The van der Waals surface area contributed by atoms with Crippen molar-refractivity contribution < 1.29 is 5.11 Å². The third-order valence-electron chi connectivity index (χ3n) is 5.72. The summed E-state index contributed by atoms with van der Waals surface area (Å²) in [6.07, 6.45) is 10.7. The summed E-state index contributed by atoms with van der Waals surface area (Å²) in [4.78, 5) is 13.2. The van der Waals surface area contributed by atoms with Crippen molar-refractivity contribution in [1.29, 1.82) is 0 Å². The van der Waals surface area contributed by atoms with Gasteiger partial charge in [-0.25, -0.2) is 4.98 Å². The monoisotopic (exact) mass is 403 g/mol. The molecular weight excluding hydrogens is 374 g/mol. The number of hydrogen-bond donors (Lipinski definition) is 2. The first kappa shape index (κ1) is 20.3. The molecule has 0 saturated carbocycles. The van der Waals surface area contributed by atoms with Crippen molar-refractivity contribution in [2.75, 3.05) is 0 Å². The van der Waals surface area contributed by atoms with E-state index in [-0.39, 0.29) is 16.8 Å². The molecule has 0 amide bonds. The van der Waals surface area contributed by atoms with Crippen LogP contribution in [0.2, 0.25) is 0 Å². The molecule has 0 atom stereocenters. The van der Waals surface area contributed by atoms with Gasteiger partial charge in [0, 0.05) is 35.1 Å². The number of rotatable bonds is 4. The largest absolute Gasteiger partial charge is 0.507 e. The van der Waals surface area contributed by atoms with Crippen LogP contribution < -0.4 is 5.32 Å². The van der Waals surface area contributed by atoms with Gasteiger partial charge in [-0.2, -0.15) is 0 Å². The minimum Gasteiger partial charge on any atom is -0.507 e. The van der Waals surface area contributed by atoms with Crippen molar-refractivity contribution in [1.82, 2.24) is 24.8 Å².